The van der Waals surface area contributed by atoms with E-state index in [1.54, 1.807) is 32.2 Å². The van der Waals surface area contributed by atoms with Crippen LogP contribution in [0.5, 0.6) is 5.75 Å². The summed E-state index contributed by atoms with van der Waals surface area (Å²) in [5, 5.41) is 3.31. The van der Waals surface area contributed by atoms with Gasteiger partial charge in [-0.05, 0) is 59.2 Å². The van der Waals surface area contributed by atoms with E-state index in [0.717, 1.165) is 32.6 Å². The maximum absolute atomic E-state index is 14.3. The number of aromatic nitrogens is 1. The monoisotopic (exact) mass is 473 g/mol. The molecular weight excluding hydrogens is 448 g/mol. The molecule has 4 aromatic carbocycles. The van der Waals surface area contributed by atoms with E-state index in [1.807, 2.05) is 60.7 Å². The van der Waals surface area contributed by atoms with Crippen LogP contribution in [0.4, 0.5) is 8.78 Å². The average Bonchev–Trinajstić information content (AvgIpc) is 3.24. The van der Waals surface area contributed by atoms with Gasteiger partial charge in [-0.3, -0.25) is 4.79 Å². The summed E-state index contributed by atoms with van der Waals surface area (Å²) in [6.07, 6.45) is -3.44. The topological polar surface area (TPSA) is 51.3 Å². The van der Waals surface area contributed by atoms with E-state index in [0.29, 0.717) is 16.9 Å². The standard InChI is InChI=1S/C29H25F2NO3/c1-3-35-28(33)29(17-27(30)31,24-10-6-8-18-7-4-5-9-21(18)24)19-11-13-25-22(15-19)23-16-20(34-2)12-14-26(23)32-25/h4-16,27,32H,3,17H2,1-2H3. The maximum Gasteiger partial charge on any atom is 0.321 e. The predicted molar refractivity (Wildman–Crippen MR) is 134 cm³/mol. The highest BCUT2D eigenvalue weighted by Crippen LogP contribution is 2.44. The number of esters is 1. The van der Waals surface area contributed by atoms with Crippen LogP contribution in [0.3, 0.4) is 0 Å². The van der Waals surface area contributed by atoms with Crippen molar-refractivity contribution in [1.82, 2.24) is 4.98 Å². The van der Waals surface area contributed by atoms with Crippen LogP contribution in [0.15, 0.2) is 78.9 Å². The first kappa shape index (κ1) is 22.8. The van der Waals surface area contributed by atoms with Crippen LogP contribution < -0.4 is 4.74 Å². The van der Waals surface area contributed by atoms with E-state index >= 15 is 0 Å². The smallest absolute Gasteiger partial charge is 0.321 e. The summed E-state index contributed by atoms with van der Waals surface area (Å²) in [6.45, 7) is 1.77. The number of methoxy groups -OCH3 is 1. The second-order valence-corrected chi connectivity index (χ2v) is 8.54. The Kier molecular flexibility index (Phi) is 5.89. The summed E-state index contributed by atoms with van der Waals surface area (Å²) in [5.41, 5.74) is 1.00. The number of aromatic amines is 1. The molecule has 0 saturated carbocycles. The van der Waals surface area contributed by atoms with Gasteiger partial charge in [0.05, 0.1) is 13.7 Å². The summed E-state index contributed by atoms with van der Waals surface area (Å²) in [6, 6.07) is 24.0. The predicted octanol–water partition coefficient (Wildman–Crippen LogP) is 6.99. The second-order valence-electron chi connectivity index (χ2n) is 8.54. The quantitative estimate of drug-likeness (QED) is 0.259. The minimum Gasteiger partial charge on any atom is -0.497 e. The minimum absolute atomic E-state index is 0.0844. The van der Waals surface area contributed by atoms with Crippen LogP contribution in [0.25, 0.3) is 32.6 Å². The Morgan fingerprint density at radius 2 is 1.63 bits per heavy atom. The fourth-order valence-electron chi connectivity index (χ4n) is 5.05. The van der Waals surface area contributed by atoms with E-state index in [1.165, 1.54) is 0 Å². The number of nitrogens with one attached hydrogen (secondary N) is 1. The van der Waals surface area contributed by atoms with Crippen molar-refractivity contribution in [2.75, 3.05) is 13.7 Å². The van der Waals surface area contributed by atoms with Gasteiger partial charge in [0.2, 0.25) is 6.43 Å². The summed E-state index contributed by atoms with van der Waals surface area (Å²) in [5.74, 6) is -0.00415. The SMILES string of the molecule is CCOC(=O)C(CC(F)F)(c1ccc2[nH]c3ccc(OC)cc3c2c1)c1cccc2ccccc12. The van der Waals surface area contributed by atoms with Crippen molar-refractivity contribution in [2.45, 2.75) is 25.2 Å². The molecule has 0 aliphatic heterocycles. The Hall–Kier alpha value is -3.93. The van der Waals surface area contributed by atoms with Crippen LogP contribution >= 0.6 is 0 Å². The molecular formula is C29H25F2NO3. The van der Waals surface area contributed by atoms with Crippen molar-refractivity contribution in [1.29, 1.82) is 0 Å². The van der Waals surface area contributed by atoms with Gasteiger partial charge in [-0.25, -0.2) is 8.78 Å². The third kappa shape index (κ3) is 3.79. The van der Waals surface area contributed by atoms with Crippen LogP contribution in [0.2, 0.25) is 0 Å². The number of fused-ring (bicyclic) bond motifs is 4. The van der Waals surface area contributed by atoms with Crippen LogP contribution in [-0.4, -0.2) is 31.1 Å². The van der Waals surface area contributed by atoms with Crippen molar-refractivity contribution in [2.24, 2.45) is 0 Å². The van der Waals surface area contributed by atoms with Gasteiger partial charge < -0.3 is 14.5 Å². The number of halogens is 2. The highest BCUT2D eigenvalue weighted by atomic mass is 19.3. The minimum atomic E-state index is -2.74. The maximum atomic E-state index is 14.3. The number of benzene rings is 4. The van der Waals surface area contributed by atoms with Gasteiger partial charge in [-0.15, -0.1) is 0 Å². The molecule has 1 atom stereocenters. The molecule has 0 fully saturated rings. The van der Waals surface area contributed by atoms with Gasteiger partial charge in [0, 0.05) is 28.2 Å². The molecule has 4 nitrogen and oxygen atoms in total. The third-order valence-corrected chi connectivity index (χ3v) is 6.63. The van der Waals surface area contributed by atoms with E-state index in [9.17, 15) is 13.6 Å². The molecule has 0 saturated heterocycles. The molecule has 0 aliphatic carbocycles. The molecule has 5 aromatic rings. The molecule has 0 amide bonds. The van der Waals surface area contributed by atoms with Gasteiger partial charge in [0.15, 0.2) is 0 Å². The molecule has 5 rings (SSSR count). The normalized spacial score (nSPS) is 13.4. The fourth-order valence-corrected chi connectivity index (χ4v) is 5.05. The lowest BCUT2D eigenvalue weighted by Crippen LogP contribution is -2.41. The van der Waals surface area contributed by atoms with Gasteiger partial charge in [0.25, 0.3) is 0 Å². The number of hydrogen-bond acceptors (Lipinski definition) is 3. The number of alkyl halides is 2. The molecule has 0 radical (unpaired) electrons. The lowest BCUT2D eigenvalue weighted by atomic mass is 9.70. The molecule has 0 bridgehead atoms. The molecule has 1 unspecified atom stereocenters. The van der Waals surface area contributed by atoms with E-state index < -0.39 is 24.2 Å². The van der Waals surface area contributed by atoms with Crippen molar-refractivity contribution in [3.63, 3.8) is 0 Å². The van der Waals surface area contributed by atoms with Crippen LogP contribution in [-0.2, 0) is 14.9 Å². The number of ether oxygens (including phenoxy) is 2. The van der Waals surface area contributed by atoms with Crippen LogP contribution in [0.1, 0.15) is 24.5 Å². The second kappa shape index (κ2) is 9.02. The molecule has 1 aromatic heterocycles. The van der Waals surface area contributed by atoms with E-state index in [4.69, 9.17) is 9.47 Å². The Labute approximate surface area is 201 Å². The number of carbonyl (C=O) groups is 1. The summed E-state index contributed by atoms with van der Waals surface area (Å²) in [7, 11) is 1.59. The fraction of sp³-hybridized carbons (Fsp3) is 0.207. The van der Waals surface area contributed by atoms with Gasteiger partial charge in [-0.2, -0.15) is 0 Å². The van der Waals surface area contributed by atoms with E-state index in [-0.39, 0.29) is 6.61 Å². The van der Waals surface area contributed by atoms with Gasteiger partial charge in [0.1, 0.15) is 11.2 Å². The molecule has 0 spiro atoms. The summed E-state index contributed by atoms with van der Waals surface area (Å²) in [4.78, 5) is 17.1. The Morgan fingerprint density at radius 3 is 2.37 bits per heavy atom. The molecule has 6 heteroatoms. The third-order valence-electron chi connectivity index (χ3n) is 6.63. The summed E-state index contributed by atoms with van der Waals surface area (Å²) >= 11 is 0. The molecule has 35 heavy (non-hydrogen) atoms. The Morgan fingerprint density at radius 1 is 0.914 bits per heavy atom. The van der Waals surface area contributed by atoms with Gasteiger partial charge in [-0.1, -0.05) is 48.5 Å². The first-order chi connectivity index (χ1) is 17.0. The lowest BCUT2D eigenvalue weighted by molar-refractivity contribution is -0.150. The number of rotatable bonds is 7. The zero-order chi connectivity index (χ0) is 24.6. The largest absolute Gasteiger partial charge is 0.497 e. The lowest BCUT2D eigenvalue weighted by Gasteiger charge is -2.33. The molecule has 0 aliphatic rings. The van der Waals surface area contributed by atoms with Crippen LogP contribution in [0, 0.1) is 0 Å². The molecule has 1 N–H and O–H groups in total. The highest BCUT2D eigenvalue weighted by Gasteiger charge is 2.47. The summed E-state index contributed by atoms with van der Waals surface area (Å²) < 4.78 is 39.4. The zero-order valence-corrected chi connectivity index (χ0v) is 19.5. The molecule has 178 valence electrons. The van der Waals surface area contributed by atoms with Crippen molar-refractivity contribution < 1.29 is 23.0 Å². The van der Waals surface area contributed by atoms with Gasteiger partial charge >= 0.3 is 5.97 Å². The van der Waals surface area contributed by atoms with Crippen molar-refractivity contribution >= 4 is 38.5 Å². The molecule has 1 heterocycles. The first-order valence-corrected chi connectivity index (χ1v) is 11.5. The number of H-pyrrole nitrogens is 1. The Bertz CT molecular complexity index is 1540. The van der Waals surface area contributed by atoms with E-state index in [2.05, 4.69) is 4.98 Å². The number of carbonyl (C=O) groups excluding carboxylic acids is 1. The number of hydrogen-bond donors (Lipinski definition) is 1. The first-order valence-electron chi connectivity index (χ1n) is 11.5. The zero-order valence-electron chi connectivity index (χ0n) is 19.5. The Balaban J connectivity index is 1.86. The highest BCUT2D eigenvalue weighted by molar-refractivity contribution is 6.08. The average molecular weight is 474 g/mol. The van der Waals surface area contributed by atoms with Crippen molar-refractivity contribution in [3.8, 4) is 5.75 Å². The van der Waals surface area contributed by atoms with Crippen molar-refractivity contribution in [3.05, 3.63) is 90.0 Å².